The van der Waals surface area contributed by atoms with E-state index in [2.05, 4.69) is 10.1 Å². The van der Waals surface area contributed by atoms with Crippen molar-refractivity contribution in [3.8, 4) is 0 Å². The van der Waals surface area contributed by atoms with Crippen LogP contribution in [0.5, 0.6) is 0 Å². The van der Waals surface area contributed by atoms with E-state index in [1.54, 1.807) is 6.92 Å². The molecule has 2 aliphatic rings. The molecule has 1 saturated heterocycles. The number of hydrogen-bond acceptors (Lipinski definition) is 6. The Morgan fingerprint density at radius 3 is 2.55 bits per heavy atom. The Morgan fingerprint density at radius 2 is 1.91 bits per heavy atom. The zero-order valence-electron chi connectivity index (χ0n) is 16.9. The van der Waals surface area contributed by atoms with Gasteiger partial charge < -0.3 is 0 Å². The largest absolute Gasteiger partial charge is 0.417 e. The van der Waals surface area contributed by atoms with E-state index >= 15 is 0 Å². The second-order valence-corrected chi connectivity index (χ2v) is 10.6. The highest BCUT2D eigenvalue weighted by Crippen LogP contribution is 2.40. The number of imide groups is 1. The van der Waals surface area contributed by atoms with Gasteiger partial charge in [0, 0.05) is 6.20 Å². The summed E-state index contributed by atoms with van der Waals surface area (Å²) >= 11 is 5.66. The average molecular weight is 499 g/mol. The molecule has 4 heterocycles. The Labute approximate surface area is 189 Å². The number of aromatic nitrogens is 3. The Balaban J connectivity index is 1.64. The Hall–Kier alpha value is -2.99. The molecule has 13 heteroatoms. The summed E-state index contributed by atoms with van der Waals surface area (Å²) in [6.45, 7) is 1.59. The smallest absolute Gasteiger partial charge is 0.268 e. The lowest BCUT2D eigenvalue weighted by Gasteiger charge is -2.17. The van der Waals surface area contributed by atoms with Crippen LogP contribution in [0.3, 0.4) is 0 Å². The number of amides is 2. The molecule has 5 rings (SSSR count). The van der Waals surface area contributed by atoms with Gasteiger partial charge in [0.05, 0.1) is 56.0 Å². The van der Waals surface area contributed by atoms with Crippen LogP contribution < -0.4 is 4.90 Å². The highest BCUT2D eigenvalue weighted by Gasteiger charge is 2.42. The highest BCUT2D eigenvalue weighted by molar-refractivity contribution is 7.91. The number of anilines is 1. The fourth-order valence-corrected chi connectivity index (χ4v) is 6.23. The van der Waals surface area contributed by atoms with E-state index in [0.717, 1.165) is 12.1 Å². The van der Waals surface area contributed by atoms with Crippen molar-refractivity contribution in [1.29, 1.82) is 0 Å². The first-order chi connectivity index (χ1) is 15.4. The van der Waals surface area contributed by atoms with Crippen LogP contribution in [0.15, 0.2) is 24.4 Å². The van der Waals surface area contributed by atoms with Gasteiger partial charge in [-0.15, -0.1) is 0 Å². The highest BCUT2D eigenvalue weighted by atomic mass is 35.5. The number of rotatable bonds is 2. The predicted molar refractivity (Wildman–Crippen MR) is 112 cm³/mol. The standard InChI is InChI=1S/C20H14ClF3N4O4S/c1-9-15-16-12(7-25-17(15)28(26-9)11-4-5-33(31,32)8-11)18(29)27(19(16)30)10-2-3-14(21)13(6-10)20(22,23)24/h2-3,6-7,11H,4-5,8H2,1H3. The Bertz CT molecular complexity index is 1480. The molecule has 0 radical (unpaired) electrons. The summed E-state index contributed by atoms with van der Waals surface area (Å²) in [5.74, 6) is -1.76. The second-order valence-electron chi connectivity index (χ2n) is 7.94. The molecule has 33 heavy (non-hydrogen) atoms. The minimum Gasteiger partial charge on any atom is -0.268 e. The normalized spacial score (nSPS) is 20.2. The number of fused-ring (bicyclic) bond motifs is 3. The number of aryl methyl sites for hydroxylation is 1. The van der Waals surface area contributed by atoms with Gasteiger partial charge in [-0.1, -0.05) is 11.6 Å². The molecule has 172 valence electrons. The number of alkyl halides is 3. The first-order valence-corrected chi connectivity index (χ1v) is 11.9. The number of nitrogens with zero attached hydrogens (tertiary/aromatic N) is 4. The van der Waals surface area contributed by atoms with E-state index in [4.69, 9.17) is 11.6 Å². The van der Waals surface area contributed by atoms with Crippen LogP contribution in [0.4, 0.5) is 18.9 Å². The van der Waals surface area contributed by atoms with Crippen molar-refractivity contribution in [3.05, 3.63) is 51.8 Å². The molecule has 0 aliphatic carbocycles. The number of carbonyl (C=O) groups is 2. The first-order valence-electron chi connectivity index (χ1n) is 9.73. The third kappa shape index (κ3) is 3.31. The predicted octanol–water partition coefficient (Wildman–Crippen LogP) is 3.57. The number of carbonyl (C=O) groups excluding carboxylic acids is 2. The summed E-state index contributed by atoms with van der Waals surface area (Å²) in [5, 5.41) is 4.08. The number of hydrogen-bond donors (Lipinski definition) is 0. The SMILES string of the molecule is Cc1nn(C2CCS(=O)(=O)C2)c2ncc3c(c12)C(=O)N(c1ccc(Cl)c(C(F)(F)F)c1)C3=O. The van der Waals surface area contributed by atoms with Gasteiger partial charge in [0.2, 0.25) is 0 Å². The number of pyridine rings is 1. The van der Waals surface area contributed by atoms with Gasteiger partial charge in [0.25, 0.3) is 11.8 Å². The third-order valence-electron chi connectivity index (χ3n) is 5.81. The number of benzene rings is 1. The second kappa shape index (κ2) is 7.00. The van der Waals surface area contributed by atoms with E-state index in [9.17, 15) is 31.2 Å². The summed E-state index contributed by atoms with van der Waals surface area (Å²) in [5.41, 5.74) is -0.959. The zero-order valence-corrected chi connectivity index (χ0v) is 18.4. The topological polar surface area (TPSA) is 102 Å². The van der Waals surface area contributed by atoms with Gasteiger partial charge in [0.15, 0.2) is 15.5 Å². The van der Waals surface area contributed by atoms with Crippen LogP contribution in [-0.4, -0.2) is 46.5 Å². The summed E-state index contributed by atoms with van der Waals surface area (Å²) in [7, 11) is -3.22. The minimum absolute atomic E-state index is 0.00626. The summed E-state index contributed by atoms with van der Waals surface area (Å²) in [6, 6.07) is 2.31. The molecule has 1 atom stereocenters. The molecule has 2 amide bonds. The molecule has 1 fully saturated rings. The van der Waals surface area contributed by atoms with Gasteiger partial charge in [-0.25, -0.2) is 23.0 Å². The van der Waals surface area contributed by atoms with E-state index in [1.165, 1.54) is 10.9 Å². The van der Waals surface area contributed by atoms with Crippen molar-refractivity contribution in [2.75, 3.05) is 16.4 Å². The van der Waals surface area contributed by atoms with Crippen molar-refractivity contribution >= 4 is 50.0 Å². The molecule has 1 unspecified atom stereocenters. The van der Waals surface area contributed by atoms with Crippen molar-refractivity contribution in [1.82, 2.24) is 14.8 Å². The monoisotopic (exact) mass is 498 g/mol. The van der Waals surface area contributed by atoms with Gasteiger partial charge in [0.1, 0.15) is 0 Å². The van der Waals surface area contributed by atoms with Crippen LogP contribution in [0.1, 0.15) is 44.4 Å². The molecule has 1 aromatic carbocycles. The summed E-state index contributed by atoms with van der Waals surface area (Å²) in [4.78, 5) is 31.2. The molecular formula is C20H14ClF3N4O4S. The molecule has 0 bridgehead atoms. The quantitative estimate of drug-likeness (QED) is 0.500. The van der Waals surface area contributed by atoms with Crippen molar-refractivity contribution in [3.63, 3.8) is 0 Å². The minimum atomic E-state index is -4.78. The van der Waals surface area contributed by atoms with Crippen LogP contribution >= 0.6 is 11.6 Å². The molecular weight excluding hydrogens is 485 g/mol. The van der Waals surface area contributed by atoms with Gasteiger partial charge in [-0.05, 0) is 31.5 Å². The van der Waals surface area contributed by atoms with Gasteiger partial charge in [-0.3, -0.25) is 9.59 Å². The van der Waals surface area contributed by atoms with Gasteiger partial charge in [-0.2, -0.15) is 18.3 Å². The molecule has 2 aromatic heterocycles. The van der Waals surface area contributed by atoms with E-state index in [1.807, 2.05) is 0 Å². The maximum Gasteiger partial charge on any atom is 0.417 e. The van der Waals surface area contributed by atoms with Crippen molar-refractivity contribution in [2.45, 2.75) is 25.6 Å². The number of halogens is 4. The molecule has 0 saturated carbocycles. The van der Waals surface area contributed by atoms with E-state index < -0.39 is 44.5 Å². The molecule has 0 N–H and O–H groups in total. The number of sulfone groups is 1. The van der Waals surface area contributed by atoms with Crippen LogP contribution in [0, 0.1) is 6.92 Å². The lowest BCUT2D eigenvalue weighted by molar-refractivity contribution is -0.137. The lowest BCUT2D eigenvalue weighted by Crippen LogP contribution is -2.29. The van der Waals surface area contributed by atoms with E-state index in [-0.39, 0.29) is 39.4 Å². The van der Waals surface area contributed by atoms with Crippen LogP contribution in [-0.2, 0) is 16.0 Å². The summed E-state index contributed by atoms with van der Waals surface area (Å²) in [6.07, 6.45) is -3.28. The molecule has 8 nitrogen and oxygen atoms in total. The van der Waals surface area contributed by atoms with Crippen molar-refractivity contribution in [2.24, 2.45) is 0 Å². The van der Waals surface area contributed by atoms with Crippen molar-refractivity contribution < 1.29 is 31.2 Å². The third-order valence-corrected chi connectivity index (χ3v) is 7.89. The molecule has 3 aromatic rings. The maximum absolute atomic E-state index is 13.3. The average Bonchev–Trinajstić information content (AvgIpc) is 3.34. The molecule has 2 aliphatic heterocycles. The Morgan fingerprint density at radius 1 is 1.18 bits per heavy atom. The maximum atomic E-state index is 13.3. The Kier molecular flexibility index (Phi) is 4.63. The first kappa shape index (κ1) is 21.8. The fourth-order valence-electron chi connectivity index (χ4n) is 4.31. The zero-order chi connectivity index (χ0) is 23.9. The van der Waals surface area contributed by atoms with Gasteiger partial charge >= 0.3 is 6.18 Å². The lowest BCUT2D eigenvalue weighted by atomic mass is 10.1. The fraction of sp³-hybridized carbons (Fsp3) is 0.300. The van der Waals surface area contributed by atoms with E-state index in [0.29, 0.717) is 23.1 Å². The van der Waals surface area contributed by atoms with Crippen LogP contribution in [0.2, 0.25) is 5.02 Å². The van der Waals surface area contributed by atoms with Crippen LogP contribution in [0.25, 0.3) is 11.0 Å². The molecule has 0 spiro atoms. The summed E-state index contributed by atoms with van der Waals surface area (Å²) < 4.78 is 65.2.